The maximum atomic E-state index is 12.1. The fourth-order valence-corrected chi connectivity index (χ4v) is 2.40. The summed E-state index contributed by atoms with van der Waals surface area (Å²) in [4.78, 5) is 19.7. The number of hydrogen-bond donors (Lipinski definition) is 3. The number of carbonyl (C=O) groups excluding carboxylic acids is 1. The first-order chi connectivity index (χ1) is 10.3. The lowest BCUT2D eigenvalue weighted by molar-refractivity contribution is 0.0945. The zero-order valence-electron chi connectivity index (χ0n) is 11.4. The highest BCUT2D eigenvalue weighted by atomic mass is 16.1. The topological polar surface area (TPSA) is 86.5 Å². The van der Waals surface area contributed by atoms with Gasteiger partial charge in [0.15, 0.2) is 0 Å². The van der Waals surface area contributed by atoms with Gasteiger partial charge in [0, 0.05) is 11.6 Å². The molecule has 0 radical (unpaired) electrons. The van der Waals surface area contributed by atoms with Gasteiger partial charge in [-0.25, -0.2) is 4.98 Å². The van der Waals surface area contributed by atoms with E-state index in [1.807, 2.05) is 30.3 Å². The molecule has 1 aliphatic rings. The highest BCUT2D eigenvalue weighted by Gasteiger charge is 2.26. The molecule has 1 aromatic carbocycles. The summed E-state index contributed by atoms with van der Waals surface area (Å²) in [6.07, 6.45) is 2.37. The number of amides is 1. The van der Waals surface area contributed by atoms with E-state index in [1.54, 1.807) is 0 Å². The van der Waals surface area contributed by atoms with Gasteiger partial charge in [-0.05, 0) is 31.0 Å². The summed E-state index contributed by atoms with van der Waals surface area (Å²) in [6, 6.07) is 9.63. The molecule has 0 atom stereocenters. The van der Waals surface area contributed by atoms with Crippen LogP contribution in [0.15, 0.2) is 30.3 Å². The highest BCUT2D eigenvalue weighted by molar-refractivity contribution is 5.92. The van der Waals surface area contributed by atoms with Gasteiger partial charge in [0.25, 0.3) is 5.91 Å². The van der Waals surface area contributed by atoms with Crippen LogP contribution in [0, 0.1) is 0 Å². The van der Waals surface area contributed by atoms with Gasteiger partial charge >= 0.3 is 0 Å². The number of nitrogens with zero attached hydrogens (tertiary/aromatic N) is 2. The molecule has 4 rings (SSSR count). The van der Waals surface area contributed by atoms with Crippen LogP contribution in [0.1, 0.15) is 40.8 Å². The molecule has 3 aromatic rings. The normalized spacial score (nSPS) is 14.5. The van der Waals surface area contributed by atoms with Gasteiger partial charge in [0.1, 0.15) is 11.5 Å². The van der Waals surface area contributed by atoms with Crippen molar-refractivity contribution in [3.63, 3.8) is 0 Å². The average Bonchev–Trinajstić information content (AvgIpc) is 3.09. The Bertz CT molecular complexity index is 766. The van der Waals surface area contributed by atoms with Gasteiger partial charge in [-0.2, -0.15) is 5.10 Å². The van der Waals surface area contributed by atoms with Gasteiger partial charge in [0.05, 0.1) is 17.6 Å². The Morgan fingerprint density at radius 1 is 1.33 bits per heavy atom. The summed E-state index contributed by atoms with van der Waals surface area (Å²) in [6.45, 7) is 0.360. The smallest absolute Gasteiger partial charge is 0.272 e. The fraction of sp³-hybridized carbons (Fsp3) is 0.267. The van der Waals surface area contributed by atoms with Crippen molar-refractivity contribution in [2.75, 3.05) is 0 Å². The number of aromatic nitrogens is 4. The molecule has 2 heterocycles. The second-order valence-corrected chi connectivity index (χ2v) is 5.37. The minimum atomic E-state index is -0.182. The highest BCUT2D eigenvalue weighted by Crippen LogP contribution is 2.38. The molecule has 2 aromatic heterocycles. The number of carbonyl (C=O) groups is 1. The molecule has 106 valence electrons. The van der Waals surface area contributed by atoms with Gasteiger partial charge < -0.3 is 10.3 Å². The Hall–Kier alpha value is -2.63. The maximum absolute atomic E-state index is 12.1. The van der Waals surface area contributed by atoms with Crippen molar-refractivity contribution < 1.29 is 4.79 Å². The van der Waals surface area contributed by atoms with Gasteiger partial charge in [0.2, 0.25) is 0 Å². The van der Waals surface area contributed by atoms with Crippen LogP contribution in [0.5, 0.6) is 0 Å². The SMILES string of the molecule is O=C(NCc1nc2ccccc2[nH]1)c1cc(C2CC2)[nH]n1. The number of H-pyrrole nitrogens is 2. The van der Waals surface area contributed by atoms with E-state index in [-0.39, 0.29) is 5.91 Å². The lowest BCUT2D eigenvalue weighted by Gasteiger charge is -1.99. The van der Waals surface area contributed by atoms with Crippen LogP contribution in [0.2, 0.25) is 0 Å². The fourth-order valence-electron chi connectivity index (χ4n) is 2.40. The molecule has 6 heteroatoms. The quantitative estimate of drug-likeness (QED) is 0.684. The number of nitrogens with one attached hydrogen (secondary N) is 3. The lowest BCUT2D eigenvalue weighted by Crippen LogP contribution is -2.23. The third-order valence-electron chi connectivity index (χ3n) is 3.70. The Kier molecular flexibility index (Phi) is 2.73. The molecule has 1 amide bonds. The minimum absolute atomic E-state index is 0.182. The third-order valence-corrected chi connectivity index (χ3v) is 3.70. The molecule has 21 heavy (non-hydrogen) atoms. The molecular formula is C15H15N5O. The first-order valence-corrected chi connectivity index (χ1v) is 7.07. The number of para-hydroxylation sites is 2. The van der Waals surface area contributed by atoms with Crippen LogP contribution in [0.4, 0.5) is 0 Å². The molecule has 0 unspecified atom stereocenters. The Morgan fingerprint density at radius 3 is 3.00 bits per heavy atom. The summed E-state index contributed by atoms with van der Waals surface area (Å²) >= 11 is 0. The second kappa shape index (κ2) is 4.73. The first-order valence-electron chi connectivity index (χ1n) is 7.07. The minimum Gasteiger partial charge on any atom is -0.343 e. The first kappa shape index (κ1) is 12.1. The zero-order chi connectivity index (χ0) is 14.2. The average molecular weight is 281 g/mol. The van der Waals surface area contributed by atoms with Crippen LogP contribution >= 0.6 is 0 Å². The van der Waals surface area contributed by atoms with Crippen molar-refractivity contribution in [2.24, 2.45) is 0 Å². The summed E-state index contributed by atoms with van der Waals surface area (Å²) in [7, 11) is 0. The van der Waals surface area contributed by atoms with Crippen molar-refractivity contribution in [2.45, 2.75) is 25.3 Å². The number of rotatable bonds is 4. The molecule has 0 bridgehead atoms. The van der Waals surface area contributed by atoms with Crippen LogP contribution in [0.25, 0.3) is 11.0 Å². The van der Waals surface area contributed by atoms with E-state index in [9.17, 15) is 4.79 Å². The van der Waals surface area contributed by atoms with Gasteiger partial charge in [-0.1, -0.05) is 12.1 Å². The van der Waals surface area contributed by atoms with Gasteiger partial charge in [-0.3, -0.25) is 9.89 Å². The van der Waals surface area contributed by atoms with E-state index in [4.69, 9.17) is 0 Å². The standard InChI is InChI=1S/C15H15N5O/c21-15(13-7-12(19-20-13)9-5-6-9)16-8-14-17-10-3-1-2-4-11(10)18-14/h1-4,7,9H,5-6,8H2,(H,16,21)(H,17,18)(H,19,20). The molecule has 1 aliphatic carbocycles. The molecule has 0 spiro atoms. The predicted octanol–water partition coefficient (Wildman–Crippen LogP) is 2.09. The van der Waals surface area contributed by atoms with Gasteiger partial charge in [-0.15, -0.1) is 0 Å². The van der Waals surface area contributed by atoms with E-state index in [2.05, 4.69) is 25.5 Å². The van der Waals surface area contributed by atoms with E-state index in [0.717, 1.165) is 22.6 Å². The second-order valence-electron chi connectivity index (χ2n) is 5.37. The van der Waals surface area contributed by atoms with Crippen molar-refractivity contribution in [3.8, 4) is 0 Å². The molecule has 1 fully saturated rings. The maximum Gasteiger partial charge on any atom is 0.272 e. The van der Waals surface area contributed by atoms with E-state index >= 15 is 0 Å². The number of imidazole rings is 1. The molecule has 6 nitrogen and oxygen atoms in total. The van der Waals surface area contributed by atoms with Crippen molar-refractivity contribution in [3.05, 3.63) is 47.5 Å². The Morgan fingerprint density at radius 2 is 2.19 bits per heavy atom. The van der Waals surface area contributed by atoms with Crippen LogP contribution in [-0.2, 0) is 6.54 Å². The Balaban J connectivity index is 1.44. The number of benzene rings is 1. The molecule has 0 saturated heterocycles. The van der Waals surface area contributed by atoms with E-state index in [1.165, 1.54) is 12.8 Å². The predicted molar refractivity (Wildman–Crippen MR) is 77.8 cm³/mol. The van der Waals surface area contributed by atoms with Crippen LogP contribution in [-0.4, -0.2) is 26.1 Å². The van der Waals surface area contributed by atoms with Crippen LogP contribution in [0.3, 0.4) is 0 Å². The van der Waals surface area contributed by atoms with E-state index < -0.39 is 0 Å². The molecule has 0 aliphatic heterocycles. The lowest BCUT2D eigenvalue weighted by atomic mass is 10.2. The van der Waals surface area contributed by atoms with Crippen molar-refractivity contribution in [1.29, 1.82) is 0 Å². The van der Waals surface area contributed by atoms with E-state index in [0.29, 0.717) is 18.2 Å². The molecular weight excluding hydrogens is 266 g/mol. The third kappa shape index (κ3) is 2.40. The summed E-state index contributed by atoms with van der Waals surface area (Å²) < 4.78 is 0. The summed E-state index contributed by atoms with van der Waals surface area (Å²) in [5.74, 6) is 1.12. The summed E-state index contributed by atoms with van der Waals surface area (Å²) in [5.41, 5.74) is 3.37. The largest absolute Gasteiger partial charge is 0.343 e. The van der Waals surface area contributed by atoms with Crippen LogP contribution < -0.4 is 5.32 Å². The van der Waals surface area contributed by atoms with Crippen molar-refractivity contribution >= 4 is 16.9 Å². The summed E-state index contributed by atoms with van der Waals surface area (Å²) in [5, 5.41) is 9.83. The number of hydrogen-bond acceptors (Lipinski definition) is 3. The zero-order valence-corrected chi connectivity index (χ0v) is 11.4. The van der Waals surface area contributed by atoms with Crippen molar-refractivity contribution in [1.82, 2.24) is 25.5 Å². The molecule has 1 saturated carbocycles. The number of aromatic amines is 2. The monoisotopic (exact) mass is 281 g/mol. The molecule has 3 N–H and O–H groups in total. The Labute approximate surface area is 121 Å². The number of fused-ring (bicyclic) bond motifs is 1.